The van der Waals surface area contributed by atoms with Gasteiger partial charge in [0.2, 0.25) is 0 Å². The van der Waals surface area contributed by atoms with Crippen molar-refractivity contribution in [2.75, 3.05) is 0 Å². The predicted molar refractivity (Wildman–Crippen MR) is 81.7 cm³/mol. The average Bonchev–Trinajstić information content (AvgIpc) is 2.85. The Morgan fingerprint density at radius 3 is 2.58 bits per heavy atom. The van der Waals surface area contributed by atoms with Crippen LogP contribution >= 0.6 is 11.3 Å². The van der Waals surface area contributed by atoms with Crippen LogP contribution in [-0.4, -0.2) is 5.11 Å². The molecule has 0 fully saturated rings. The molecule has 0 saturated heterocycles. The number of aliphatic hydroxyl groups is 1. The first-order valence-electron chi connectivity index (χ1n) is 6.44. The van der Waals surface area contributed by atoms with E-state index in [1.54, 1.807) is 11.3 Å². The topological polar surface area (TPSA) is 20.2 Å². The predicted octanol–water partition coefficient (Wildman–Crippen LogP) is 4.49. The number of thiophene rings is 1. The molecule has 19 heavy (non-hydrogen) atoms. The first-order chi connectivity index (χ1) is 9.24. The molecular formula is C17H16OS. The molecule has 96 valence electrons. The van der Waals surface area contributed by atoms with Crippen LogP contribution in [0.5, 0.6) is 0 Å². The molecule has 0 amide bonds. The maximum atomic E-state index is 10.3. The third-order valence-electron chi connectivity index (χ3n) is 3.45. The number of benzene rings is 2. The maximum Gasteiger partial charge on any atom is 0.0924 e. The Morgan fingerprint density at radius 2 is 1.84 bits per heavy atom. The van der Waals surface area contributed by atoms with Gasteiger partial charge in [0.05, 0.1) is 6.10 Å². The van der Waals surface area contributed by atoms with Crippen LogP contribution in [0.1, 0.15) is 22.1 Å². The fraction of sp³-hybridized carbons (Fsp3) is 0.176. The highest BCUT2D eigenvalue weighted by molar-refractivity contribution is 7.10. The largest absolute Gasteiger partial charge is 0.387 e. The molecule has 3 rings (SSSR count). The van der Waals surface area contributed by atoms with Gasteiger partial charge in [-0.05, 0) is 40.3 Å². The van der Waals surface area contributed by atoms with E-state index in [0.717, 1.165) is 4.88 Å². The van der Waals surface area contributed by atoms with Crippen LogP contribution < -0.4 is 0 Å². The van der Waals surface area contributed by atoms with Crippen LogP contribution in [0.3, 0.4) is 0 Å². The third kappa shape index (κ3) is 2.55. The van der Waals surface area contributed by atoms with Crippen LogP contribution in [0.25, 0.3) is 10.8 Å². The molecule has 1 nitrogen and oxygen atoms in total. The van der Waals surface area contributed by atoms with Gasteiger partial charge < -0.3 is 5.11 Å². The lowest BCUT2D eigenvalue weighted by atomic mass is 10.0. The summed E-state index contributed by atoms with van der Waals surface area (Å²) in [5, 5.41) is 14.8. The molecule has 0 aliphatic rings. The van der Waals surface area contributed by atoms with E-state index in [-0.39, 0.29) is 0 Å². The van der Waals surface area contributed by atoms with E-state index < -0.39 is 6.10 Å². The van der Waals surface area contributed by atoms with E-state index >= 15 is 0 Å². The van der Waals surface area contributed by atoms with Gasteiger partial charge in [-0.1, -0.05) is 42.5 Å². The zero-order valence-electron chi connectivity index (χ0n) is 10.8. The van der Waals surface area contributed by atoms with Crippen molar-refractivity contribution in [2.45, 2.75) is 19.4 Å². The summed E-state index contributed by atoms with van der Waals surface area (Å²) in [6, 6.07) is 16.8. The van der Waals surface area contributed by atoms with E-state index in [1.165, 1.54) is 21.9 Å². The summed E-state index contributed by atoms with van der Waals surface area (Å²) in [5.41, 5.74) is 2.36. The number of hydrogen-bond donors (Lipinski definition) is 1. The van der Waals surface area contributed by atoms with Gasteiger partial charge in [-0.3, -0.25) is 0 Å². The fourth-order valence-electron chi connectivity index (χ4n) is 2.41. The zero-order valence-corrected chi connectivity index (χ0v) is 11.7. The monoisotopic (exact) mass is 268 g/mol. The Bertz CT molecular complexity index is 699. The standard InChI is InChI=1S/C17H16OS/c1-12-8-9-19-17(12)16(18)11-13-6-7-14-4-2-3-5-15(14)10-13/h2-10,16,18H,11H2,1H3. The highest BCUT2D eigenvalue weighted by Gasteiger charge is 2.12. The summed E-state index contributed by atoms with van der Waals surface area (Å²) in [6.07, 6.45) is 0.271. The van der Waals surface area contributed by atoms with Crippen molar-refractivity contribution in [1.82, 2.24) is 0 Å². The Balaban J connectivity index is 1.87. The van der Waals surface area contributed by atoms with Crippen molar-refractivity contribution in [3.8, 4) is 0 Å². The smallest absolute Gasteiger partial charge is 0.0924 e. The Hall–Kier alpha value is -1.64. The molecule has 0 radical (unpaired) electrons. The van der Waals surface area contributed by atoms with Crippen LogP contribution in [0.2, 0.25) is 0 Å². The second kappa shape index (κ2) is 5.16. The molecule has 0 bridgehead atoms. The first kappa shape index (κ1) is 12.4. The van der Waals surface area contributed by atoms with Crippen molar-refractivity contribution >= 4 is 22.1 Å². The molecule has 0 aliphatic heterocycles. The molecule has 1 aromatic heterocycles. The summed E-state index contributed by atoms with van der Waals surface area (Å²) in [6.45, 7) is 2.05. The molecule has 1 unspecified atom stereocenters. The van der Waals surface area contributed by atoms with Gasteiger partial charge >= 0.3 is 0 Å². The molecule has 1 atom stereocenters. The number of aryl methyl sites for hydroxylation is 1. The van der Waals surface area contributed by atoms with Crippen molar-refractivity contribution < 1.29 is 5.11 Å². The van der Waals surface area contributed by atoms with Crippen molar-refractivity contribution in [2.24, 2.45) is 0 Å². The Morgan fingerprint density at radius 1 is 1.05 bits per heavy atom. The lowest BCUT2D eigenvalue weighted by Gasteiger charge is -2.11. The van der Waals surface area contributed by atoms with E-state index in [9.17, 15) is 5.11 Å². The van der Waals surface area contributed by atoms with E-state index in [1.807, 2.05) is 17.5 Å². The first-order valence-corrected chi connectivity index (χ1v) is 7.32. The van der Waals surface area contributed by atoms with Crippen LogP contribution in [0.4, 0.5) is 0 Å². The highest BCUT2D eigenvalue weighted by atomic mass is 32.1. The van der Waals surface area contributed by atoms with Gasteiger partial charge in [0.1, 0.15) is 0 Å². The number of rotatable bonds is 3. The second-order valence-electron chi connectivity index (χ2n) is 4.87. The van der Waals surface area contributed by atoms with Crippen molar-refractivity contribution in [3.05, 3.63) is 69.9 Å². The lowest BCUT2D eigenvalue weighted by Crippen LogP contribution is -2.01. The molecule has 0 saturated carbocycles. The van der Waals surface area contributed by atoms with Crippen molar-refractivity contribution in [1.29, 1.82) is 0 Å². The molecule has 2 aromatic carbocycles. The number of aliphatic hydroxyl groups excluding tert-OH is 1. The van der Waals surface area contributed by atoms with Crippen molar-refractivity contribution in [3.63, 3.8) is 0 Å². The zero-order chi connectivity index (χ0) is 13.2. The third-order valence-corrected chi connectivity index (χ3v) is 4.57. The summed E-state index contributed by atoms with van der Waals surface area (Å²) in [4.78, 5) is 1.08. The summed E-state index contributed by atoms with van der Waals surface area (Å²) >= 11 is 1.63. The van der Waals surface area contributed by atoms with Gasteiger partial charge in [-0.15, -0.1) is 11.3 Å². The van der Waals surface area contributed by atoms with E-state index in [2.05, 4.69) is 43.3 Å². The second-order valence-corrected chi connectivity index (χ2v) is 5.82. The quantitative estimate of drug-likeness (QED) is 0.742. The molecule has 2 heteroatoms. The molecule has 0 aliphatic carbocycles. The summed E-state index contributed by atoms with van der Waals surface area (Å²) in [5.74, 6) is 0. The molecule has 1 heterocycles. The Labute approximate surface area is 117 Å². The van der Waals surface area contributed by atoms with Gasteiger partial charge in [0.15, 0.2) is 0 Å². The minimum absolute atomic E-state index is 0.402. The minimum atomic E-state index is -0.402. The lowest BCUT2D eigenvalue weighted by molar-refractivity contribution is 0.181. The SMILES string of the molecule is Cc1ccsc1C(O)Cc1ccc2ccccc2c1. The van der Waals surface area contributed by atoms with Crippen LogP contribution in [-0.2, 0) is 6.42 Å². The molecular weight excluding hydrogens is 252 g/mol. The average molecular weight is 268 g/mol. The number of hydrogen-bond acceptors (Lipinski definition) is 2. The van der Waals surface area contributed by atoms with E-state index in [0.29, 0.717) is 6.42 Å². The summed E-state index contributed by atoms with van der Waals surface area (Å²) in [7, 11) is 0. The minimum Gasteiger partial charge on any atom is -0.387 e. The van der Waals surface area contributed by atoms with E-state index in [4.69, 9.17) is 0 Å². The Kier molecular flexibility index (Phi) is 3.36. The highest BCUT2D eigenvalue weighted by Crippen LogP contribution is 2.27. The van der Waals surface area contributed by atoms with Gasteiger partial charge in [-0.25, -0.2) is 0 Å². The van der Waals surface area contributed by atoms with Crippen LogP contribution in [0, 0.1) is 6.92 Å². The van der Waals surface area contributed by atoms with Gasteiger partial charge in [-0.2, -0.15) is 0 Å². The van der Waals surface area contributed by atoms with Crippen LogP contribution in [0.15, 0.2) is 53.9 Å². The molecule has 1 N–H and O–H groups in total. The maximum absolute atomic E-state index is 10.3. The number of fused-ring (bicyclic) bond motifs is 1. The normalized spacial score (nSPS) is 12.7. The van der Waals surface area contributed by atoms with Gasteiger partial charge in [0.25, 0.3) is 0 Å². The summed E-state index contributed by atoms with van der Waals surface area (Å²) < 4.78 is 0. The van der Waals surface area contributed by atoms with Gasteiger partial charge in [0, 0.05) is 11.3 Å². The molecule has 3 aromatic rings. The molecule has 0 spiro atoms. The fourth-order valence-corrected chi connectivity index (χ4v) is 3.32.